The highest BCUT2D eigenvalue weighted by Crippen LogP contribution is 2.21. The number of esters is 1. The highest BCUT2D eigenvalue weighted by Gasteiger charge is 2.39. The molecule has 0 bridgehead atoms. The molecular formula is C26H37N3O9. The van der Waals surface area contributed by atoms with Crippen molar-refractivity contribution in [3.05, 3.63) is 29.8 Å². The summed E-state index contributed by atoms with van der Waals surface area (Å²) in [4.78, 5) is 64.1. The van der Waals surface area contributed by atoms with E-state index in [1.165, 1.54) is 12.0 Å². The van der Waals surface area contributed by atoms with Crippen LogP contribution in [0.1, 0.15) is 46.1 Å². The number of alkyl carbamates (subject to hydrolysis) is 1. The van der Waals surface area contributed by atoms with E-state index in [9.17, 15) is 24.0 Å². The zero-order chi connectivity index (χ0) is 28.2. The van der Waals surface area contributed by atoms with Crippen LogP contribution < -0.4 is 15.4 Å². The Hall–Kier alpha value is -3.83. The van der Waals surface area contributed by atoms with Crippen LogP contribution in [0.25, 0.3) is 0 Å². The molecule has 3 amide bonds. The number of methoxy groups -OCH3 is 1. The average Bonchev–Trinajstić information content (AvgIpc) is 3.37. The quantitative estimate of drug-likeness (QED) is 0.247. The number of hydrogen-bond acceptors (Lipinski definition) is 9. The number of ether oxygens (including phenoxy) is 4. The van der Waals surface area contributed by atoms with Crippen molar-refractivity contribution in [1.29, 1.82) is 0 Å². The van der Waals surface area contributed by atoms with Crippen LogP contribution in [0, 0.1) is 5.92 Å². The Bertz CT molecular complexity index is 981. The summed E-state index contributed by atoms with van der Waals surface area (Å²) < 4.78 is 19.6. The lowest BCUT2D eigenvalue weighted by molar-refractivity contribution is -0.151. The molecule has 1 aromatic rings. The standard InChI is InChI=1S/C26H37N3O9/c1-6-36-25(33)28-21(16(3)4)22(30)27-19(23(31)29-14-8-9-20(29)24(32)35-5)15-17-10-12-18(13-11-17)38-26(34)37-7-2/h10-13,16,19-21H,6-9,14-15H2,1-5H3,(H,27,30)(H,28,33)/t19-,20-,21-/m0/s1. The van der Waals surface area contributed by atoms with Crippen LogP contribution in [0.3, 0.4) is 0 Å². The van der Waals surface area contributed by atoms with Crippen molar-refractivity contribution in [2.75, 3.05) is 26.9 Å². The number of likely N-dealkylation sites (tertiary alicyclic amines) is 1. The molecule has 0 spiro atoms. The molecule has 12 nitrogen and oxygen atoms in total. The number of carbonyl (C=O) groups excluding carboxylic acids is 5. The van der Waals surface area contributed by atoms with E-state index in [0.29, 0.717) is 24.9 Å². The predicted octanol–water partition coefficient (Wildman–Crippen LogP) is 2.18. The Morgan fingerprint density at radius 3 is 2.24 bits per heavy atom. The average molecular weight is 536 g/mol. The van der Waals surface area contributed by atoms with E-state index < -0.39 is 48.2 Å². The van der Waals surface area contributed by atoms with Crippen molar-refractivity contribution >= 4 is 30.0 Å². The molecule has 1 aliphatic heterocycles. The Labute approximate surface area is 222 Å². The van der Waals surface area contributed by atoms with Crippen LogP contribution in [0.2, 0.25) is 0 Å². The fraction of sp³-hybridized carbons (Fsp3) is 0.577. The number of carbonyl (C=O) groups is 5. The van der Waals surface area contributed by atoms with Crippen LogP contribution in [0.15, 0.2) is 24.3 Å². The highest BCUT2D eigenvalue weighted by molar-refractivity contribution is 5.93. The van der Waals surface area contributed by atoms with Gasteiger partial charge in [-0.1, -0.05) is 26.0 Å². The van der Waals surface area contributed by atoms with Crippen LogP contribution in [0.4, 0.5) is 9.59 Å². The van der Waals surface area contributed by atoms with Gasteiger partial charge in [0.2, 0.25) is 11.8 Å². The lowest BCUT2D eigenvalue weighted by Crippen LogP contribution is -2.57. The molecule has 3 atom stereocenters. The van der Waals surface area contributed by atoms with Crippen LogP contribution in [0.5, 0.6) is 5.75 Å². The summed E-state index contributed by atoms with van der Waals surface area (Å²) in [5.74, 6) is -1.59. The summed E-state index contributed by atoms with van der Waals surface area (Å²) >= 11 is 0. The second kappa shape index (κ2) is 14.8. The number of rotatable bonds is 11. The van der Waals surface area contributed by atoms with E-state index >= 15 is 0 Å². The number of benzene rings is 1. The molecule has 2 N–H and O–H groups in total. The SMILES string of the molecule is CCOC(=O)N[C@H](C(=O)N[C@@H](Cc1ccc(OC(=O)OCC)cc1)C(=O)N1CCC[C@H]1C(=O)OC)C(C)C. The zero-order valence-corrected chi connectivity index (χ0v) is 22.5. The number of nitrogens with one attached hydrogen (secondary N) is 2. The van der Waals surface area contributed by atoms with E-state index in [1.54, 1.807) is 52.0 Å². The molecular weight excluding hydrogens is 498 g/mol. The van der Waals surface area contributed by atoms with Crippen molar-refractivity contribution < 1.29 is 42.9 Å². The third-order valence-electron chi connectivity index (χ3n) is 5.95. The summed E-state index contributed by atoms with van der Waals surface area (Å²) in [5.41, 5.74) is 0.660. The second-order valence-electron chi connectivity index (χ2n) is 8.99. The van der Waals surface area contributed by atoms with Gasteiger partial charge >= 0.3 is 18.2 Å². The fourth-order valence-corrected chi connectivity index (χ4v) is 4.08. The van der Waals surface area contributed by atoms with Crippen LogP contribution in [-0.2, 0) is 35.0 Å². The molecule has 0 saturated carbocycles. The van der Waals surface area contributed by atoms with Gasteiger partial charge in [0.25, 0.3) is 0 Å². The van der Waals surface area contributed by atoms with Crippen molar-refractivity contribution in [3.63, 3.8) is 0 Å². The van der Waals surface area contributed by atoms with Gasteiger partial charge in [0, 0.05) is 13.0 Å². The second-order valence-corrected chi connectivity index (χ2v) is 8.99. The molecule has 0 aliphatic carbocycles. The summed E-state index contributed by atoms with van der Waals surface area (Å²) in [6.07, 6.45) is -0.425. The molecule has 0 aromatic heterocycles. The van der Waals surface area contributed by atoms with E-state index in [-0.39, 0.29) is 31.3 Å². The Kier molecular flexibility index (Phi) is 11.8. The first kappa shape index (κ1) is 30.4. The topological polar surface area (TPSA) is 150 Å². The van der Waals surface area contributed by atoms with Gasteiger partial charge < -0.3 is 34.5 Å². The minimum Gasteiger partial charge on any atom is -0.467 e. The molecule has 210 valence electrons. The molecule has 12 heteroatoms. The normalized spacial score (nSPS) is 16.3. The molecule has 38 heavy (non-hydrogen) atoms. The highest BCUT2D eigenvalue weighted by atomic mass is 16.7. The fourth-order valence-electron chi connectivity index (χ4n) is 4.08. The van der Waals surface area contributed by atoms with E-state index in [0.717, 1.165) is 0 Å². The summed E-state index contributed by atoms with van der Waals surface area (Å²) in [6.45, 7) is 7.46. The Morgan fingerprint density at radius 2 is 1.66 bits per heavy atom. The monoisotopic (exact) mass is 535 g/mol. The maximum absolute atomic E-state index is 13.6. The van der Waals surface area contributed by atoms with E-state index in [1.807, 2.05) is 0 Å². The van der Waals surface area contributed by atoms with Crippen LogP contribution in [-0.4, -0.2) is 79.9 Å². The van der Waals surface area contributed by atoms with E-state index in [4.69, 9.17) is 18.9 Å². The van der Waals surface area contributed by atoms with Crippen molar-refractivity contribution in [3.8, 4) is 5.75 Å². The smallest absolute Gasteiger partial charge is 0.467 e. The summed E-state index contributed by atoms with van der Waals surface area (Å²) in [6, 6.07) is 3.64. The maximum atomic E-state index is 13.6. The number of hydrogen-bond donors (Lipinski definition) is 2. The third-order valence-corrected chi connectivity index (χ3v) is 5.95. The van der Waals surface area contributed by atoms with Gasteiger partial charge in [-0.2, -0.15) is 0 Å². The lowest BCUT2D eigenvalue weighted by Gasteiger charge is -2.30. The molecule has 1 aliphatic rings. The van der Waals surface area contributed by atoms with Gasteiger partial charge in [-0.3, -0.25) is 9.59 Å². The molecule has 1 fully saturated rings. The van der Waals surface area contributed by atoms with Crippen molar-refractivity contribution in [2.45, 2.75) is 65.1 Å². The Balaban J connectivity index is 2.27. The number of nitrogens with zero attached hydrogens (tertiary/aromatic N) is 1. The summed E-state index contributed by atoms with van der Waals surface area (Å²) in [7, 11) is 1.26. The maximum Gasteiger partial charge on any atom is 0.513 e. The number of amides is 3. The first-order valence-corrected chi connectivity index (χ1v) is 12.7. The van der Waals surface area contributed by atoms with Crippen molar-refractivity contribution in [2.24, 2.45) is 5.92 Å². The van der Waals surface area contributed by atoms with Gasteiger partial charge in [-0.15, -0.1) is 0 Å². The molecule has 2 rings (SSSR count). The molecule has 1 heterocycles. The van der Waals surface area contributed by atoms with Gasteiger partial charge in [0.15, 0.2) is 0 Å². The minimum absolute atomic E-state index is 0.0822. The minimum atomic E-state index is -1.05. The van der Waals surface area contributed by atoms with E-state index in [2.05, 4.69) is 10.6 Å². The van der Waals surface area contributed by atoms with Gasteiger partial charge in [-0.05, 0) is 50.3 Å². The largest absolute Gasteiger partial charge is 0.513 e. The van der Waals surface area contributed by atoms with Gasteiger partial charge in [0.1, 0.15) is 23.9 Å². The Morgan fingerprint density at radius 1 is 1.00 bits per heavy atom. The molecule has 1 saturated heterocycles. The zero-order valence-electron chi connectivity index (χ0n) is 22.5. The third kappa shape index (κ3) is 8.63. The van der Waals surface area contributed by atoms with Crippen LogP contribution >= 0.6 is 0 Å². The first-order valence-electron chi connectivity index (χ1n) is 12.7. The molecule has 0 radical (unpaired) electrons. The van der Waals surface area contributed by atoms with Gasteiger partial charge in [-0.25, -0.2) is 14.4 Å². The predicted molar refractivity (Wildman–Crippen MR) is 135 cm³/mol. The lowest BCUT2D eigenvalue weighted by atomic mass is 10.0. The summed E-state index contributed by atoms with van der Waals surface area (Å²) in [5, 5.41) is 5.29. The molecule has 1 aromatic carbocycles. The first-order chi connectivity index (χ1) is 18.1. The van der Waals surface area contributed by atoms with Crippen molar-refractivity contribution in [1.82, 2.24) is 15.5 Å². The van der Waals surface area contributed by atoms with Gasteiger partial charge in [0.05, 0.1) is 20.3 Å². The molecule has 0 unspecified atom stereocenters.